The van der Waals surface area contributed by atoms with E-state index in [1.807, 2.05) is 6.92 Å². The van der Waals surface area contributed by atoms with Gasteiger partial charge in [0, 0.05) is 17.8 Å². The van der Waals surface area contributed by atoms with Crippen LogP contribution in [0.4, 0.5) is 0 Å². The van der Waals surface area contributed by atoms with Crippen LogP contribution in [-0.4, -0.2) is 44.9 Å². The minimum absolute atomic E-state index is 0.0247. The van der Waals surface area contributed by atoms with E-state index in [0.717, 1.165) is 6.42 Å². The van der Waals surface area contributed by atoms with Crippen molar-refractivity contribution in [3.05, 3.63) is 0 Å². The number of aliphatic hydroxyl groups excluding tert-OH is 1. The molecule has 2 atom stereocenters. The van der Waals surface area contributed by atoms with Crippen LogP contribution in [0, 0.1) is 11.3 Å². The number of hydrogen-bond acceptors (Lipinski definition) is 4. The summed E-state index contributed by atoms with van der Waals surface area (Å²) in [6, 6.07) is 0. The van der Waals surface area contributed by atoms with Gasteiger partial charge in [-0.15, -0.1) is 0 Å². The Kier molecular flexibility index (Phi) is 4.14. The summed E-state index contributed by atoms with van der Waals surface area (Å²) in [5.41, 5.74) is -0.280. The van der Waals surface area contributed by atoms with E-state index < -0.39 is 9.84 Å². The molecule has 0 saturated heterocycles. The monoisotopic (exact) mass is 236 g/mol. The zero-order valence-corrected chi connectivity index (χ0v) is 10.2. The molecule has 0 aromatic carbocycles. The highest BCUT2D eigenvalue weighted by atomic mass is 32.2. The largest absolute Gasteiger partial charge is 0.396 e. The topological polar surface area (TPSA) is 63.6 Å². The summed E-state index contributed by atoms with van der Waals surface area (Å²) in [7, 11) is -2.93. The average molecular weight is 236 g/mol. The molecule has 1 aliphatic carbocycles. The molecule has 90 valence electrons. The van der Waals surface area contributed by atoms with Crippen LogP contribution in [0.3, 0.4) is 0 Å². The highest BCUT2D eigenvalue weighted by Crippen LogP contribution is 2.52. The Morgan fingerprint density at radius 2 is 2.13 bits per heavy atom. The predicted octanol–water partition coefficient (Wildman–Crippen LogP) is 0.456. The first-order chi connectivity index (χ1) is 6.99. The maximum atomic E-state index is 11.4. The fourth-order valence-corrected chi connectivity index (χ4v) is 3.13. The molecular formula is C10H20O4S. The molecule has 1 fully saturated rings. The van der Waals surface area contributed by atoms with Crippen LogP contribution in [0.2, 0.25) is 0 Å². The Hall–Kier alpha value is -0.130. The fraction of sp³-hybridized carbons (Fsp3) is 1.00. The van der Waals surface area contributed by atoms with E-state index in [1.54, 1.807) is 6.92 Å². The van der Waals surface area contributed by atoms with Crippen LogP contribution in [0.5, 0.6) is 0 Å². The van der Waals surface area contributed by atoms with E-state index in [2.05, 4.69) is 0 Å². The van der Waals surface area contributed by atoms with Crippen molar-refractivity contribution in [1.82, 2.24) is 0 Å². The number of ether oxygens (including phenoxy) is 1. The molecule has 0 aliphatic heterocycles. The quantitative estimate of drug-likeness (QED) is 0.697. The summed E-state index contributed by atoms with van der Waals surface area (Å²) >= 11 is 0. The van der Waals surface area contributed by atoms with Gasteiger partial charge < -0.3 is 9.84 Å². The molecule has 1 N–H and O–H groups in total. The van der Waals surface area contributed by atoms with E-state index in [-0.39, 0.29) is 29.4 Å². The Morgan fingerprint density at radius 1 is 1.47 bits per heavy atom. The van der Waals surface area contributed by atoms with Gasteiger partial charge in [-0.2, -0.15) is 0 Å². The number of rotatable bonds is 7. The normalized spacial score (nSPS) is 30.5. The van der Waals surface area contributed by atoms with Crippen LogP contribution in [0.25, 0.3) is 0 Å². The third-order valence-electron chi connectivity index (χ3n) is 3.16. The Morgan fingerprint density at radius 3 is 2.60 bits per heavy atom. The van der Waals surface area contributed by atoms with Crippen LogP contribution >= 0.6 is 0 Å². The van der Waals surface area contributed by atoms with Crippen molar-refractivity contribution in [3.63, 3.8) is 0 Å². The lowest BCUT2D eigenvalue weighted by molar-refractivity contribution is 0.0619. The summed E-state index contributed by atoms with van der Waals surface area (Å²) in [6.45, 7) is 4.65. The summed E-state index contributed by atoms with van der Waals surface area (Å²) < 4.78 is 28.1. The third-order valence-corrected chi connectivity index (χ3v) is 4.95. The van der Waals surface area contributed by atoms with Gasteiger partial charge in [0.25, 0.3) is 0 Å². The molecule has 1 aliphatic rings. The van der Waals surface area contributed by atoms with Gasteiger partial charge in [-0.05, 0) is 19.3 Å². The van der Waals surface area contributed by atoms with Gasteiger partial charge in [0.1, 0.15) is 9.84 Å². The number of hydrogen-bond donors (Lipinski definition) is 1. The molecule has 0 aromatic heterocycles. The first-order valence-corrected chi connectivity index (χ1v) is 7.21. The van der Waals surface area contributed by atoms with Crippen molar-refractivity contribution in [2.45, 2.75) is 20.3 Å². The lowest BCUT2D eigenvalue weighted by atomic mass is 10.1. The van der Waals surface area contributed by atoms with Gasteiger partial charge in [0.15, 0.2) is 0 Å². The summed E-state index contributed by atoms with van der Waals surface area (Å²) in [4.78, 5) is 0. The maximum Gasteiger partial charge on any atom is 0.150 e. The molecule has 0 bridgehead atoms. The van der Waals surface area contributed by atoms with E-state index in [9.17, 15) is 13.5 Å². The van der Waals surface area contributed by atoms with E-state index in [4.69, 9.17) is 4.74 Å². The van der Waals surface area contributed by atoms with Crippen molar-refractivity contribution >= 4 is 9.84 Å². The molecule has 0 aromatic rings. The lowest BCUT2D eigenvalue weighted by Crippen LogP contribution is -2.22. The molecule has 0 spiro atoms. The van der Waals surface area contributed by atoms with Crippen molar-refractivity contribution in [2.75, 3.05) is 31.3 Å². The van der Waals surface area contributed by atoms with Crippen molar-refractivity contribution in [3.8, 4) is 0 Å². The SMILES string of the molecule is CCOC[C@@]1(CO)C[C@@H]1CS(=O)(=O)CC. The van der Waals surface area contributed by atoms with Crippen LogP contribution in [0.15, 0.2) is 0 Å². The Bertz CT molecular complexity index is 299. The molecule has 0 heterocycles. The molecular weight excluding hydrogens is 216 g/mol. The van der Waals surface area contributed by atoms with Crippen molar-refractivity contribution in [2.24, 2.45) is 11.3 Å². The molecule has 1 saturated carbocycles. The Labute approximate surface area is 91.6 Å². The summed E-state index contributed by atoms with van der Waals surface area (Å²) in [6.07, 6.45) is 0.767. The lowest BCUT2D eigenvalue weighted by Gasteiger charge is -2.13. The zero-order valence-electron chi connectivity index (χ0n) is 9.40. The minimum Gasteiger partial charge on any atom is -0.396 e. The fourth-order valence-electron chi connectivity index (χ4n) is 1.81. The first-order valence-electron chi connectivity index (χ1n) is 5.38. The zero-order chi connectivity index (χ0) is 11.5. The van der Waals surface area contributed by atoms with Gasteiger partial charge in [0.05, 0.1) is 19.0 Å². The van der Waals surface area contributed by atoms with Crippen LogP contribution in [-0.2, 0) is 14.6 Å². The molecule has 4 nitrogen and oxygen atoms in total. The van der Waals surface area contributed by atoms with E-state index >= 15 is 0 Å². The summed E-state index contributed by atoms with van der Waals surface area (Å²) in [5, 5.41) is 9.25. The standard InChI is InChI=1S/C10H20O4S/c1-3-14-8-10(7-11)5-9(10)6-15(12,13)4-2/h9,11H,3-8H2,1-2H3/t9-,10+/m1/s1. The van der Waals surface area contributed by atoms with Crippen molar-refractivity contribution in [1.29, 1.82) is 0 Å². The smallest absolute Gasteiger partial charge is 0.150 e. The van der Waals surface area contributed by atoms with Gasteiger partial charge in [-0.25, -0.2) is 8.42 Å². The molecule has 0 amide bonds. The highest BCUT2D eigenvalue weighted by molar-refractivity contribution is 7.91. The van der Waals surface area contributed by atoms with Crippen molar-refractivity contribution < 1.29 is 18.3 Å². The van der Waals surface area contributed by atoms with Gasteiger partial charge in [0.2, 0.25) is 0 Å². The predicted molar refractivity (Wildman–Crippen MR) is 58.4 cm³/mol. The van der Waals surface area contributed by atoms with Gasteiger partial charge in [-0.3, -0.25) is 0 Å². The molecule has 5 heteroatoms. The first kappa shape index (κ1) is 12.9. The maximum absolute atomic E-state index is 11.4. The molecule has 0 radical (unpaired) electrons. The number of sulfone groups is 1. The second-order valence-corrected chi connectivity index (χ2v) is 6.66. The second kappa shape index (κ2) is 4.80. The molecule has 15 heavy (non-hydrogen) atoms. The van der Waals surface area contributed by atoms with Gasteiger partial charge in [-0.1, -0.05) is 6.92 Å². The average Bonchev–Trinajstić information content (AvgIpc) is 2.88. The molecule has 1 rings (SSSR count). The molecule has 0 unspecified atom stereocenters. The number of aliphatic hydroxyl groups is 1. The van der Waals surface area contributed by atoms with Gasteiger partial charge >= 0.3 is 0 Å². The second-order valence-electron chi connectivity index (χ2n) is 4.26. The van der Waals surface area contributed by atoms with E-state index in [0.29, 0.717) is 13.2 Å². The minimum atomic E-state index is -2.93. The third kappa shape index (κ3) is 3.16. The highest BCUT2D eigenvalue weighted by Gasteiger charge is 2.55. The Balaban J connectivity index is 2.48. The van der Waals surface area contributed by atoms with Crippen LogP contribution in [0.1, 0.15) is 20.3 Å². The van der Waals surface area contributed by atoms with Crippen LogP contribution < -0.4 is 0 Å². The van der Waals surface area contributed by atoms with E-state index in [1.165, 1.54) is 0 Å². The summed E-state index contributed by atoms with van der Waals surface area (Å²) in [5.74, 6) is 0.454.